The van der Waals surface area contributed by atoms with Gasteiger partial charge in [0.15, 0.2) is 11.6 Å². The number of anilines is 2. The Hall–Kier alpha value is -4.68. The smallest absolute Gasteiger partial charge is 0.414 e. The second-order valence-corrected chi connectivity index (χ2v) is 10.4. The van der Waals surface area contributed by atoms with Crippen molar-refractivity contribution in [1.29, 1.82) is 0 Å². The highest BCUT2D eigenvalue weighted by Crippen LogP contribution is 2.39. The molecule has 3 fully saturated rings. The first kappa shape index (κ1) is 26.5. The topological polar surface area (TPSA) is 130 Å². The Morgan fingerprint density at radius 2 is 1.85 bits per heavy atom. The van der Waals surface area contributed by atoms with Gasteiger partial charge in [-0.3, -0.25) is 14.5 Å². The van der Waals surface area contributed by atoms with Gasteiger partial charge in [-0.1, -0.05) is 0 Å². The number of hydrogen-bond acceptors (Lipinski definition) is 7. The number of carbonyl (C=O) groups is 3. The summed E-state index contributed by atoms with van der Waals surface area (Å²) in [7, 11) is 0. The molecule has 1 aromatic heterocycles. The molecule has 2 saturated heterocycles. The summed E-state index contributed by atoms with van der Waals surface area (Å²) in [5.41, 5.74) is -0.139. The van der Waals surface area contributed by atoms with Gasteiger partial charge in [0.25, 0.3) is 0 Å². The first-order valence-electron chi connectivity index (χ1n) is 13.1. The molecule has 214 valence electrons. The van der Waals surface area contributed by atoms with Crippen molar-refractivity contribution in [2.75, 3.05) is 36.0 Å². The summed E-state index contributed by atoms with van der Waals surface area (Å²) in [6.07, 6.45) is 1.36. The number of cyclic esters (lactones) is 1. The van der Waals surface area contributed by atoms with Gasteiger partial charge in [0.05, 0.1) is 43.1 Å². The average Bonchev–Trinajstić information content (AvgIpc) is 3.67. The number of benzene rings is 2. The van der Waals surface area contributed by atoms with Gasteiger partial charge in [0.2, 0.25) is 11.3 Å². The van der Waals surface area contributed by atoms with Crippen LogP contribution in [0.4, 0.5) is 25.0 Å². The number of carboxylic acids is 1. The molecular formula is C28H26F2N4O7. The van der Waals surface area contributed by atoms with E-state index in [1.807, 2.05) is 0 Å². The number of aromatic nitrogens is 1. The van der Waals surface area contributed by atoms with E-state index < -0.39 is 46.9 Å². The maximum absolute atomic E-state index is 15.1. The van der Waals surface area contributed by atoms with E-state index in [-0.39, 0.29) is 60.6 Å². The number of fused-ring (bicyclic) bond motifs is 1. The lowest BCUT2D eigenvalue weighted by Crippen LogP contribution is -2.54. The van der Waals surface area contributed by atoms with Crippen LogP contribution in [-0.2, 0) is 9.53 Å². The SMILES string of the molecule is CC(=O)NC[C@H]1CN(c2ccc(OC3CN(c4cc5c(cc4F)c(=O)c(C(=O)O)cn5C4CC4)C3)c(F)c2)C(=O)O1. The average molecular weight is 569 g/mol. The van der Waals surface area contributed by atoms with Crippen molar-refractivity contribution in [3.63, 3.8) is 0 Å². The molecule has 1 saturated carbocycles. The number of carbonyl (C=O) groups excluding carboxylic acids is 2. The van der Waals surface area contributed by atoms with Crippen LogP contribution >= 0.6 is 0 Å². The Morgan fingerprint density at radius 1 is 1.10 bits per heavy atom. The summed E-state index contributed by atoms with van der Waals surface area (Å²) in [4.78, 5) is 50.5. The third-order valence-electron chi connectivity index (χ3n) is 7.43. The molecule has 2 N–H and O–H groups in total. The normalized spacial score (nSPS) is 18.8. The maximum atomic E-state index is 15.1. The minimum absolute atomic E-state index is 0.0110. The summed E-state index contributed by atoms with van der Waals surface area (Å²) < 4.78 is 42.7. The first-order chi connectivity index (χ1) is 19.6. The van der Waals surface area contributed by atoms with Gasteiger partial charge in [-0.2, -0.15) is 0 Å². The van der Waals surface area contributed by atoms with Crippen molar-refractivity contribution >= 4 is 40.2 Å². The molecule has 2 aromatic carbocycles. The fraction of sp³-hybridized carbons (Fsp3) is 0.357. The molecule has 0 radical (unpaired) electrons. The molecule has 3 aliphatic rings. The molecular weight excluding hydrogens is 542 g/mol. The Labute approximate surface area is 231 Å². The zero-order valence-corrected chi connectivity index (χ0v) is 21.9. The molecule has 41 heavy (non-hydrogen) atoms. The van der Waals surface area contributed by atoms with Crippen LogP contribution in [0.25, 0.3) is 10.9 Å². The number of halogens is 2. The van der Waals surface area contributed by atoms with E-state index in [1.165, 1.54) is 36.2 Å². The van der Waals surface area contributed by atoms with Crippen LogP contribution in [0.1, 0.15) is 36.2 Å². The predicted molar refractivity (Wildman–Crippen MR) is 143 cm³/mol. The largest absolute Gasteiger partial charge is 0.484 e. The van der Waals surface area contributed by atoms with Crippen molar-refractivity contribution in [3.8, 4) is 5.75 Å². The molecule has 0 spiro atoms. The van der Waals surface area contributed by atoms with Crippen LogP contribution in [0, 0.1) is 11.6 Å². The van der Waals surface area contributed by atoms with Crippen LogP contribution in [0.5, 0.6) is 5.75 Å². The Kier molecular flexibility index (Phi) is 6.51. The molecule has 1 atom stereocenters. The number of rotatable bonds is 8. The second-order valence-electron chi connectivity index (χ2n) is 10.4. The van der Waals surface area contributed by atoms with Crippen LogP contribution in [0.2, 0.25) is 0 Å². The standard InChI is InChI=1S/C28H26F2N4O7/c1-14(35)31-9-17-12-34(28(39)41-17)16-4-5-25(22(30)6-16)40-18-10-32(11-18)24-8-23-19(7-21(24)29)26(36)20(27(37)38)13-33(23)15-2-3-15/h4-8,13,15,17-18H,2-3,9-12H2,1H3,(H,31,35)(H,37,38)/t17-/m0/s1. The van der Waals surface area contributed by atoms with E-state index in [1.54, 1.807) is 15.5 Å². The summed E-state index contributed by atoms with van der Waals surface area (Å²) in [6.45, 7) is 2.18. The molecule has 0 bridgehead atoms. The number of aromatic carboxylic acids is 1. The Bertz CT molecular complexity index is 1650. The van der Waals surface area contributed by atoms with Crippen LogP contribution in [0.3, 0.4) is 0 Å². The van der Waals surface area contributed by atoms with Crippen LogP contribution in [-0.4, -0.2) is 66.0 Å². The molecule has 3 aromatic rings. The van der Waals surface area contributed by atoms with Crippen LogP contribution < -0.4 is 25.3 Å². The van der Waals surface area contributed by atoms with Crippen molar-refractivity contribution in [3.05, 3.63) is 63.9 Å². The zero-order valence-electron chi connectivity index (χ0n) is 21.9. The van der Waals surface area contributed by atoms with Crippen molar-refractivity contribution in [1.82, 2.24) is 9.88 Å². The highest BCUT2D eigenvalue weighted by atomic mass is 19.1. The molecule has 2 aliphatic heterocycles. The fourth-order valence-electron chi connectivity index (χ4n) is 5.15. The number of nitrogens with one attached hydrogen (secondary N) is 1. The van der Waals surface area contributed by atoms with Gasteiger partial charge in [-0.05, 0) is 37.1 Å². The van der Waals surface area contributed by atoms with Gasteiger partial charge < -0.3 is 29.4 Å². The van der Waals surface area contributed by atoms with Crippen molar-refractivity contribution < 1.29 is 37.7 Å². The summed E-state index contributed by atoms with van der Waals surface area (Å²) in [5.74, 6) is -2.98. The first-order valence-corrected chi connectivity index (χ1v) is 13.1. The number of amides is 2. The second kappa shape index (κ2) is 10.1. The zero-order chi connectivity index (χ0) is 29.0. The molecule has 0 unspecified atom stereocenters. The molecule has 1 aliphatic carbocycles. The van der Waals surface area contributed by atoms with E-state index in [0.717, 1.165) is 18.9 Å². The molecule has 11 nitrogen and oxygen atoms in total. The van der Waals surface area contributed by atoms with E-state index >= 15 is 4.39 Å². The molecule has 13 heteroatoms. The van der Waals surface area contributed by atoms with Gasteiger partial charge in [-0.25, -0.2) is 18.4 Å². The minimum Gasteiger partial charge on any atom is -0.484 e. The van der Waals surface area contributed by atoms with Crippen LogP contribution in [0.15, 0.2) is 41.3 Å². The number of hydrogen-bond donors (Lipinski definition) is 2. The molecule has 3 heterocycles. The quantitative estimate of drug-likeness (QED) is 0.424. The Morgan fingerprint density at radius 3 is 2.51 bits per heavy atom. The lowest BCUT2D eigenvalue weighted by atomic mass is 10.1. The third-order valence-corrected chi connectivity index (χ3v) is 7.43. The minimum atomic E-state index is -1.36. The van der Waals surface area contributed by atoms with Gasteiger partial charge >= 0.3 is 12.1 Å². The summed E-state index contributed by atoms with van der Waals surface area (Å²) in [5, 5.41) is 12.0. The van der Waals surface area contributed by atoms with E-state index in [2.05, 4.69) is 5.32 Å². The fourth-order valence-corrected chi connectivity index (χ4v) is 5.15. The summed E-state index contributed by atoms with van der Waals surface area (Å²) >= 11 is 0. The molecule has 6 rings (SSSR count). The van der Waals surface area contributed by atoms with E-state index in [4.69, 9.17) is 9.47 Å². The number of ether oxygens (including phenoxy) is 2. The highest BCUT2D eigenvalue weighted by Gasteiger charge is 2.35. The monoisotopic (exact) mass is 568 g/mol. The van der Waals surface area contributed by atoms with Crippen molar-refractivity contribution in [2.24, 2.45) is 0 Å². The maximum Gasteiger partial charge on any atom is 0.414 e. The number of carboxylic acid groups (broad SMARTS) is 1. The number of pyridine rings is 1. The molecule has 2 amide bonds. The lowest BCUT2D eigenvalue weighted by molar-refractivity contribution is -0.119. The van der Waals surface area contributed by atoms with E-state index in [0.29, 0.717) is 5.52 Å². The van der Waals surface area contributed by atoms with Gasteiger partial charge in [0.1, 0.15) is 23.6 Å². The predicted octanol–water partition coefficient (Wildman–Crippen LogP) is 3.04. The van der Waals surface area contributed by atoms with Crippen molar-refractivity contribution in [2.45, 2.75) is 38.0 Å². The number of nitrogens with zero attached hydrogens (tertiary/aromatic N) is 3. The van der Waals surface area contributed by atoms with E-state index in [9.17, 15) is 28.7 Å². The van der Waals surface area contributed by atoms with Gasteiger partial charge in [-0.15, -0.1) is 0 Å². The van der Waals surface area contributed by atoms with Gasteiger partial charge in [0, 0.05) is 30.6 Å². The Balaban J connectivity index is 1.14. The lowest BCUT2D eigenvalue weighted by Gasteiger charge is -2.41. The summed E-state index contributed by atoms with van der Waals surface area (Å²) in [6, 6.07) is 6.79. The third kappa shape index (κ3) is 5.03. The highest BCUT2D eigenvalue weighted by molar-refractivity contribution is 5.94.